The van der Waals surface area contributed by atoms with Gasteiger partial charge in [-0.1, -0.05) is 39.7 Å². The summed E-state index contributed by atoms with van der Waals surface area (Å²) < 4.78 is 6.71. The van der Waals surface area contributed by atoms with Gasteiger partial charge in [0.25, 0.3) is 0 Å². The van der Waals surface area contributed by atoms with Crippen molar-refractivity contribution in [1.29, 1.82) is 0 Å². The van der Waals surface area contributed by atoms with Crippen LogP contribution in [0.4, 0.5) is 0 Å². The normalized spacial score (nSPS) is 12.7. The zero-order valence-corrected chi connectivity index (χ0v) is 14.1. The molecule has 0 aliphatic rings. The van der Waals surface area contributed by atoms with Gasteiger partial charge in [0, 0.05) is 20.5 Å². The Morgan fingerprint density at radius 2 is 1.95 bits per heavy atom. The highest BCUT2D eigenvalue weighted by Gasteiger charge is 2.15. The molecular weight excluding hydrogens is 372 g/mol. The van der Waals surface area contributed by atoms with E-state index < -0.39 is 6.10 Å². The van der Waals surface area contributed by atoms with Crippen molar-refractivity contribution in [3.63, 3.8) is 0 Å². The third-order valence-corrected chi connectivity index (χ3v) is 4.98. The zero-order valence-electron chi connectivity index (χ0n) is 10.9. The number of fused-ring (bicyclic) bond motifs is 1. The number of rotatable bonds is 4. The van der Waals surface area contributed by atoms with E-state index in [0.29, 0.717) is 22.1 Å². The Hall–Kier alpha value is -0.940. The molecule has 2 nitrogen and oxygen atoms in total. The molecule has 2 aromatic carbocycles. The van der Waals surface area contributed by atoms with E-state index in [-0.39, 0.29) is 0 Å². The van der Waals surface area contributed by atoms with Crippen LogP contribution in [0.3, 0.4) is 0 Å². The Balaban J connectivity index is 1.73. The molecule has 5 heteroatoms. The van der Waals surface area contributed by atoms with Gasteiger partial charge >= 0.3 is 0 Å². The van der Waals surface area contributed by atoms with Gasteiger partial charge in [0.05, 0.1) is 5.02 Å². The minimum absolute atomic E-state index is 0.527. The fourth-order valence-corrected chi connectivity index (χ4v) is 3.33. The van der Waals surface area contributed by atoms with E-state index in [9.17, 15) is 5.11 Å². The maximum Gasteiger partial charge on any atom is 0.152 e. The van der Waals surface area contributed by atoms with Gasteiger partial charge in [0.15, 0.2) is 5.58 Å². The highest BCUT2D eigenvalue weighted by Crippen LogP contribution is 2.32. The summed E-state index contributed by atoms with van der Waals surface area (Å²) in [7, 11) is 0. The lowest BCUT2D eigenvalue weighted by Crippen LogP contribution is -1.98. The van der Waals surface area contributed by atoms with Gasteiger partial charge in [-0.3, -0.25) is 0 Å². The van der Waals surface area contributed by atoms with E-state index in [1.165, 1.54) is 0 Å². The lowest BCUT2D eigenvalue weighted by Gasteiger charge is -2.07. The molecule has 1 N–H and O–H groups in total. The van der Waals surface area contributed by atoms with E-state index in [2.05, 4.69) is 15.9 Å². The first-order valence-corrected chi connectivity index (χ1v) is 8.53. The van der Waals surface area contributed by atoms with E-state index in [0.717, 1.165) is 14.8 Å². The number of hydrogen-bond acceptors (Lipinski definition) is 3. The Kier molecular flexibility index (Phi) is 4.60. The highest BCUT2D eigenvalue weighted by atomic mass is 79.9. The van der Waals surface area contributed by atoms with Crippen LogP contribution >= 0.6 is 39.3 Å². The van der Waals surface area contributed by atoms with Crippen molar-refractivity contribution in [3.05, 3.63) is 63.8 Å². The summed E-state index contributed by atoms with van der Waals surface area (Å²) in [5.41, 5.74) is 0.627. The van der Waals surface area contributed by atoms with Crippen LogP contribution in [0.2, 0.25) is 5.02 Å². The first kappa shape index (κ1) is 15.0. The smallest absolute Gasteiger partial charge is 0.152 e. The number of hydrogen-bond donors (Lipinski definition) is 1. The molecule has 0 aliphatic carbocycles. The average molecular weight is 384 g/mol. The van der Waals surface area contributed by atoms with E-state index in [4.69, 9.17) is 16.0 Å². The monoisotopic (exact) mass is 382 g/mol. The summed E-state index contributed by atoms with van der Waals surface area (Å²) in [6.45, 7) is 0. The molecule has 21 heavy (non-hydrogen) atoms. The quantitative estimate of drug-likeness (QED) is 0.589. The Morgan fingerprint density at radius 3 is 2.67 bits per heavy atom. The molecule has 0 aliphatic heterocycles. The minimum atomic E-state index is -0.665. The highest BCUT2D eigenvalue weighted by molar-refractivity contribution is 9.10. The van der Waals surface area contributed by atoms with Crippen LogP contribution in [0.5, 0.6) is 0 Å². The first-order valence-electron chi connectivity index (χ1n) is 6.38. The summed E-state index contributed by atoms with van der Waals surface area (Å²) >= 11 is 11.1. The molecule has 3 rings (SSSR count). The predicted molar refractivity (Wildman–Crippen MR) is 91.0 cm³/mol. The molecule has 1 heterocycles. The maximum atomic E-state index is 10.3. The van der Waals surface area contributed by atoms with Crippen molar-refractivity contribution in [2.24, 2.45) is 0 Å². The molecule has 0 saturated heterocycles. The molecule has 1 unspecified atom stereocenters. The van der Waals surface area contributed by atoms with Crippen molar-refractivity contribution >= 4 is 50.3 Å². The summed E-state index contributed by atoms with van der Waals surface area (Å²) in [6, 6.07) is 15.4. The van der Waals surface area contributed by atoms with Crippen molar-refractivity contribution in [3.8, 4) is 0 Å². The second kappa shape index (κ2) is 6.44. The number of furan rings is 1. The molecular formula is C16H12BrClO2S. The summed E-state index contributed by atoms with van der Waals surface area (Å²) in [4.78, 5) is 1.10. The van der Waals surface area contributed by atoms with Crippen LogP contribution in [-0.2, 0) is 0 Å². The predicted octanol–water partition coefficient (Wildman–Crippen LogP) is 5.67. The minimum Gasteiger partial charge on any atom is -0.457 e. The second-order valence-electron chi connectivity index (χ2n) is 4.59. The molecule has 0 amide bonds. The standard InChI is InChI=1S/C16H12BrClO2S/c17-11-4-6-12(7-5-11)21-9-14(19)15-8-10-2-1-3-13(18)16(10)20-15/h1-8,14,19H,9H2. The zero-order chi connectivity index (χ0) is 14.8. The molecule has 3 aromatic rings. The van der Waals surface area contributed by atoms with Gasteiger partial charge in [0.1, 0.15) is 11.9 Å². The SMILES string of the molecule is OC(CSc1ccc(Br)cc1)c1cc2cccc(Cl)c2o1. The number of benzene rings is 2. The van der Waals surface area contributed by atoms with Crippen molar-refractivity contribution in [2.75, 3.05) is 5.75 Å². The number of thioether (sulfide) groups is 1. The largest absolute Gasteiger partial charge is 0.457 e. The molecule has 1 aromatic heterocycles. The third kappa shape index (κ3) is 3.46. The van der Waals surface area contributed by atoms with Gasteiger partial charge in [0.2, 0.25) is 0 Å². The van der Waals surface area contributed by atoms with Crippen LogP contribution < -0.4 is 0 Å². The second-order valence-corrected chi connectivity index (χ2v) is 7.00. The van der Waals surface area contributed by atoms with Crippen LogP contribution in [-0.4, -0.2) is 10.9 Å². The molecule has 0 fully saturated rings. The molecule has 1 atom stereocenters. The lowest BCUT2D eigenvalue weighted by molar-refractivity contribution is 0.177. The Bertz CT molecular complexity index is 755. The van der Waals surface area contributed by atoms with E-state index in [1.54, 1.807) is 17.8 Å². The topological polar surface area (TPSA) is 33.4 Å². The summed E-state index contributed by atoms with van der Waals surface area (Å²) in [5.74, 6) is 1.07. The van der Waals surface area contributed by atoms with Gasteiger partial charge < -0.3 is 9.52 Å². The lowest BCUT2D eigenvalue weighted by atomic mass is 10.2. The van der Waals surface area contributed by atoms with Crippen LogP contribution in [0, 0.1) is 0 Å². The Morgan fingerprint density at radius 1 is 1.19 bits per heavy atom. The van der Waals surface area contributed by atoms with Gasteiger partial charge in [-0.25, -0.2) is 0 Å². The average Bonchev–Trinajstić information content (AvgIpc) is 2.92. The number of aliphatic hydroxyl groups excluding tert-OH is 1. The summed E-state index contributed by atoms with van der Waals surface area (Å²) in [5, 5.41) is 11.7. The van der Waals surface area contributed by atoms with Gasteiger partial charge in [-0.15, -0.1) is 11.8 Å². The molecule has 108 valence electrons. The van der Waals surface area contributed by atoms with E-state index >= 15 is 0 Å². The number of aliphatic hydroxyl groups is 1. The van der Waals surface area contributed by atoms with Gasteiger partial charge in [-0.2, -0.15) is 0 Å². The molecule has 0 bridgehead atoms. The van der Waals surface area contributed by atoms with Crippen LogP contribution in [0.15, 0.2) is 62.3 Å². The van der Waals surface area contributed by atoms with Crippen molar-refractivity contribution in [1.82, 2.24) is 0 Å². The van der Waals surface area contributed by atoms with Crippen LogP contribution in [0.25, 0.3) is 11.0 Å². The van der Waals surface area contributed by atoms with E-state index in [1.807, 2.05) is 42.5 Å². The molecule has 0 saturated carbocycles. The Labute approximate surface area is 140 Å². The first-order chi connectivity index (χ1) is 10.1. The number of para-hydroxylation sites is 1. The van der Waals surface area contributed by atoms with Crippen molar-refractivity contribution < 1.29 is 9.52 Å². The van der Waals surface area contributed by atoms with Crippen LogP contribution in [0.1, 0.15) is 11.9 Å². The third-order valence-electron chi connectivity index (χ3n) is 3.07. The fourth-order valence-electron chi connectivity index (χ4n) is 2.00. The number of halogens is 2. The van der Waals surface area contributed by atoms with Crippen molar-refractivity contribution in [2.45, 2.75) is 11.0 Å². The molecule has 0 radical (unpaired) electrons. The summed E-state index contributed by atoms with van der Waals surface area (Å²) in [6.07, 6.45) is -0.665. The fraction of sp³-hybridized carbons (Fsp3) is 0.125. The van der Waals surface area contributed by atoms with Gasteiger partial charge in [-0.05, 0) is 36.4 Å². The molecule has 0 spiro atoms. The maximum absolute atomic E-state index is 10.3.